The number of nitrogens with one attached hydrogen (secondary N) is 1. The van der Waals surface area contributed by atoms with Gasteiger partial charge < -0.3 is 25.2 Å². The Balaban J connectivity index is 1.50. The second kappa shape index (κ2) is 13.4. The summed E-state index contributed by atoms with van der Waals surface area (Å²) in [7, 11) is 0. The number of carboxylic acids is 1. The quantitative estimate of drug-likeness (QED) is 0.366. The summed E-state index contributed by atoms with van der Waals surface area (Å²) in [5, 5.41) is 22.8. The Kier molecular flexibility index (Phi) is 10.1. The normalized spacial score (nSPS) is 21.5. The number of carbonyl (C=O) groups is 5. The lowest BCUT2D eigenvalue weighted by atomic mass is 9.75. The summed E-state index contributed by atoms with van der Waals surface area (Å²) in [5.74, 6) is -3.84. The van der Waals surface area contributed by atoms with Crippen molar-refractivity contribution in [3.05, 3.63) is 29.8 Å². The monoisotopic (exact) mass is 599 g/mol. The Bertz CT molecular complexity index is 1210. The van der Waals surface area contributed by atoms with E-state index in [9.17, 15) is 34.2 Å². The van der Waals surface area contributed by atoms with Crippen LogP contribution < -0.4 is 10.2 Å². The number of aryl methyl sites for hydroxylation is 1. The minimum atomic E-state index is -1.13. The molecule has 2 aliphatic heterocycles. The van der Waals surface area contributed by atoms with Crippen molar-refractivity contribution >= 4 is 35.3 Å². The summed E-state index contributed by atoms with van der Waals surface area (Å²) < 4.78 is 5.49. The summed E-state index contributed by atoms with van der Waals surface area (Å²) >= 11 is 0. The number of fused-ring (bicyclic) bond motifs is 1. The van der Waals surface area contributed by atoms with Crippen LogP contribution in [0.1, 0.15) is 84.1 Å². The molecule has 0 aromatic heterocycles. The van der Waals surface area contributed by atoms with E-state index in [4.69, 9.17) is 4.74 Å². The third kappa shape index (κ3) is 8.13. The van der Waals surface area contributed by atoms with Crippen molar-refractivity contribution in [1.82, 2.24) is 10.2 Å². The number of nitrogens with zero attached hydrogens (tertiary/aromatic N) is 2. The predicted molar refractivity (Wildman–Crippen MR) is 158 cm³/mol. The molecule has 43 heavy (non-hydrogen) atoms. The molecule has 2 fully saturated rings. The SMILES string of the molecule is CC(C)(C)OC(=O)CN1C(=O)[C@@H](NC(=O)C2(CC(CC(=O)N3CCC(O)CC3)C(=O)O)CCCC2)CCc2ccccc21. The maximum atomic E-state index is 14.0. The molecule has 236 valence electrons. The summed E-state index contributed by atoms with van der Waals surface area (Å²) in [6.07, 6.45) is 3.49. The van der Waals surface area contributed by atoms with Crippen LogP contribution in [-0.2, 0) is 35.1 Å². The molecule has 0 bridgehead atoms. The Labute approximate surface area is 252 Å². The Morgan fingerprint density at radius 1 is 1.07 bits per heavy atom. The second-order valence-corrected chi connectivity index (χ2v) is 13.2. The van der Waals surface area contributed by atoms with Crippen molar-refractivity contribution in [3.63, 3.8) is 0 Å². The molecular weight excluding hydrogens is 554 g/mol. The third-order valence-corrected chi connectivity index (χ3v) is 8.83. The van der Waals surface area contributed by atoms with E-state index >= 15 is 0 Å². The van der Waals surface area contributed by atoms with Gasteiger partial charge in [-0.15, -0.1) is 0 Å². The molecule has 2 heterocycles. The molecule has 0 spiro atoms. The minimum absolute atomic E-state index is 0.000863. The molecule has 2 atom stereocenters. The average Bonchev–Trinajstić information content (AvgIpc) is 3.38. The highest BCUT2D eigenvalue weighted by molar-refractivity contribution is 6.03. The smallest absolute Gasteiger partial charge is 0.326 e. The topological polar surface area (TPSA) is 154 Å². The molecule has 3 aliphatic rings. The van der Waals surface area contributed by atoms with E-state index in [0.29, 0.717) is 57.3 Å². The van der Waals surface area contributed by atoms with Crippen molar-refractivity contribution < 1.29 is 38.9 Å². The van der Waals surface area contributed by atoms with Crippen molar-refractivity contribution in [2.75, 3.05) is 24.5 Å². The van der Waals surface area contributed by atoms with Crippen LogP contribution in [0.3, 0.4) is 0 Å². The zero-order valence-corrected chi connectivity index (χ0v) is 25.5. The molecule has 3 amide bonds. The number of anilines is 1. The lowest BCUT2D eigenvalue weighted by molar-refractivity contribution is -0.153. The van der Waals surface area contributed by atoms with E-state index in [0.717, 1.165) is 18.4 Å². The van der Waals surface area contributed by atoms with Gasteiger partial charge in [-0.25, -0.2) is 0 Å². The van der Waals surface area contributed by atoms with Gasteiger partial charge in [-0.2, -0.15) is 0 Å². The van der Waals surface area contributed by atoms with E-state index in [-0.39, 0.29) is 31.2 Å². The van der Waals surface area contributed by atoms with Crippen LogP contribution in [0.15, 0.2) is 24.3 Å². The molecule has 1 saturated heterocycles. The molecule has 1 saturated carbocycles. The molecule has 1 aromatic rings. The Morgan fingerprint density at radius 2 is 1.72 bits per heavy atom. The number of aliphatic hydroxyl groups is 1. The zero-order chi connectivity index (χ0) is 31.4. The predicted octanol–water partition coefficient (Wildman–Crippen LogP) is 2.82. The fraction of sp³-hybridized carbons (Fsp3) is 0.656. The number of carbonyl (C=O) groups excluding carboxylic acids is 4. The number of likely N-dealkylation sites (tertiary alicyclic amines) is 1. The van der Waals surface area contributed by atoms with E-state index < -0.39 is 46.9 Å². The lowest BCUT2D eigenvalue weighted by Crippen LogP contribution is -2.53. The number of esters is 1. The first-order chi connectivity index (χ1) is 20.3. The first-order valence-electron chi connectivity index (χ1n) is 15.4. The number of hydrogen-bond donors (Lipinski definition) is 3. The molecule has 11 heteroatoms. The first kappa shape index (κ1) is 32.4. The van der Waals surface area contributed by atoms with Gasteiger partial charge in [0.2, 0.25) is 17.7 Å². The van der Waals surface area contributed by atoms with E-state index in [1.165, 1.54) is 4.90 Å². The average molecular weight is 600 g/mol. The highest BCUT2D eigenvalue weighted by Gasteiger charge is 2.46. The number of piperidine rings is 1. The van der Waals surface area contributed by atoms with Crippen LogP contribution in [0.4, 0.5) is 5.69 Å². The number of amides is 3. The van der Waals surface area contributed by atoms with Gasteiger partial charge in [0.05, 0.1) is 17.4 Å². The highest BCUT2D eigenvalue weighted by Crippen LogP contribution is 2.44. The molecule has 4 rings (SSSR count). The number of aliphatic carboxylic acids is 1. The number of hydrogen-bond acceptors (Lipinski definition) is 7. The van der Waals surface area contributed by atoms with Crippen molar-refractivity contribution in [2.45, 2.75) is 103 Å². The zero-order valence-electron chi connectivity index (χ0n) is 25.5. The van der Waals surface area contributed by atoms with Crippen LogP contribution in [-0.4, -0.2) is 82.2 Å². The number of rotatable bonds is 9. The summed E-state index contributed by atoms with van der Waals surface area (Å²) in [6, 6.07) is 6.41. The fourth-order valence-corrected chi connectivity index (χ4v) is 6.58. The summed E-state index contributed by atoms with van der Waals surface area (Å²) in [5.41, 5.74) is -0.274. The molecule has 3 N–H and O–H groups in total. The lowest BCUT2D eigenvalue weighted by Gasteiger charge is -2.34. The number of benzene rings is 1. The molecule has 1 unspecified atom stereocenters. The maximum Gasteiger partial charge on any atom is 0.326 e. The summed E-state index contributed by atoms with van der Waals surface area (Å²) in [4.78, 5) is 68.9. The maximum absolute atomic E-state index is 14.0. The molecule has 11 nitrogen and oxygen atoms in total. The van der Waals surface area contributed by atoms with Gasteiger partial charge in [-0.1, -0.05) is 31.0 Å². The number of carboxylic acid groups (broad SMARTS) is 1. The van der Waals surface area contributed by atoms with Crippen molar-refractivity contribution in [2.24, 2.45) is 11.3 Å². The van der Waals surface area contributed by atoms with Crippen LogP contribution >= 0.6 is 0 Å². The van der Waals surface area contributed by atoms with E-state index in [1.54, 1.807) is 37.8 Å². The molecular formula is C32H45N3O8. The van der Waals surface area contributed by atoms with E-state index in [2.05, 4.69) is 5.32 Å². The van der Waals surface area contributed by atoms with Gasteiger partial charge in [0.1, 0.15) is 18.2 Å². The van der Waals surface area contributed by atoms with Gasteiger partial charge in [-0.3, -0.25) is 28.9 Å². The molecule has 1 aromatic carbocycles. The largest absolute Gasteiger partial charge is 0.481 e. The molecule has 1 aliphatic carbocycles. The second-order valence-electron chi connectivity index (χ2n) is 13.2. The van der Waals surface area contributed by atoms with Crippen molar-refractivity contribution in [1.29, 1.82) is 0 Å². The van der Waals surface area contributed by atoms with Crippen LogP contribution in [0.5, 0.6) is 0 Å². The van der Waals surface area contributed by atoms with Crippen LogP contribution in [0.2, 0.25) is 0 Å². The number of ether oxygens (including phenoxy) is 1. The number of aliphatic hydroxyl groups excluding tert-OH is 1. The highest BCUT2D eigenvalue weighted by atomic mass is 16.6. The fourth-order valence-electron chi connectivity index (χ4n) is 6.58. The number of para-hydroxylation sites is 1. The van der Waals surface area contributed by atoms with Gasteiger partial charge in [0.25, 0.3) is 0 Å². The van der Waals surface area contributed by atoms with Gasteiger partial charge in [-0.05, 0) is 77.3 Å². The Morgan fingerprint density at radius 3 is 2.35 bits per heavy atom. The molecule has 0 radical (unpaired) electrons. The first-order valence-corrected chi connectivity index (χ1v) is 15.4. The van der Waals surface area contributed by atoms with Crippen molar-refractivity contribution in [3.8, 4) is 0 Å². The van der Waals surface area contributed by atoms with Crippen LogP contribution in [0.25, 0.3) is 0 Å². The Hall–Kier alpha value is -3.47. The minimum Gasteiger partial charge on any atom is -0.481 e. The van der Waals surface area contributed by atoms with Gasteiger partial charge >= 0.3 is 11.9 Å². The van der Waals surface area contributed by atoms with E-state index in [1.807, 2.05) is 12.1 Å². The van der Waals surface area contributed by atoms with Gasteiger partial charge in [0.15, 0.2) is 0 Å². The summed E-state index contributed by atoms with van der Waals surface area (Å²) in [6.45, 7) is 5.71. The van der Waals surface area contributed by atoms with Gasteiger partial charge in [0, 0.05) is 25.2 Å². The third-order valence-electron chi connectivity index (χ3n) is 8.83. The standard InChI is InChI=1S/C32H45N3O8/c1-31(2,3)43-27(38)20-35-25-9-5-4-8-21(25)10-11-24(28(35)39)33-30(42)32(14-6-7-15-32)19-22(29(40)41)18-26(37)34-16-12-23(36)13-17-34/h4-5,8-9,22-24,36H,6-7,10-20H2,1-3H3,(H,33,42)(H,40,41)/t22?,24-/m0/s1. The van der Waals surface area contributed by atoms with Crippen LogP contribution in [0, 0.1) is 11.3 Å².